The van der Waals surface area contributed by atoms with Crippen molar-refractivity contribution in [3.05, 3.63) is 21.9 Å². The van der Waals surface area contributed by atoms with Gasteiger partial charge in [-0.3, -0.25) is 9.59 Å². The SMILES string of the molecule is CCC(C(=O)N1CCCc2sccc2C1)N1CCCC1=O. The molecule has 5 heteroatoms. The number of carbonyl (C=O) groups excluding carboxylic acids is 2. The molecule has 0 N–H and O–H groups in total. The molecule has 2 amide bonds. The molecule has 0 radical (unpaired) electrons. The van der Waals surface area contributed by atoms with Crippen LogP contribution in [0.1, 0.15) is 43.0 Å². The lowest BCUT2D eigenvalue weighted by Crippen LogP contribution is -2.48. The third kappa shape index (κ3) is 2.84. The van der Waals surface area contributed by atoms with Gasteiger partial charge < -0.3 is 9.80 Å². The van der Waals surface area contributed by atoms with Crippen LogP contribution < -0.4 is 0 Å². The predicted molar refractivity (Wildman–Crippen MR) is 83.1 cm³/mol. The number of aryl methyl sites for hydroxylation is 1. The van der Waals surface area contributed by atoms with E-state index in [1.54, 1.807) is 16.2 Å². The Labute approximate surface area is 129 Å². The van der Waals surface area contributed by atoms with Gasteiger partial charge in [0.2, 0.25) is 11.8 Å². The molecular weight excluding hydrogens is 284 g/mol. The molecule has 2 aliphatic heterocycles. The molecule has 1 unspecified atom stereocenters. The summed E-state index contributed by atoms with van der Waals surface area (Å²) in [6.45, 7) is 4.25. The van der Waals surface area contributed by atoms with Gasteiger partial charge in [0.05, 0.1) is 0 Å². The van der Waals surface area contributed by atoms with Crippen molar-refractivity contribution in [1.29, 1.82) is 0 Å². The highest BCUT2D eigenvalue weighted by Gasteiger charge is 2.34. The molecule has 3 rings (SSSR count). The van der Waals surface area contributed by atoms with Crippen LogP contribution in [0.4, 0.5) is 0 Å². The first-order valence-corrected chi connectivity index (χ1v) is 8.72. The number of rotatable bonds is 3. The number of hydrogen-bond acceptors (Lipinski definition) is 3. The van der Waals surface area contributed by atoms with E-state index in [1.165, 1.54) is 10.4 Å². The molecule has 1 fully saturated rings. The molecular formula is C16H22N2O2S. The van der Waals surface area contributed by atoms with E-state index < -0.39 is 0 Å². The molecule has 21 heavy (non-hydrogen) atoms. The van der Waals surface area contributed by atoms with Gasteiger partial charge in [0.1, 0.15) is 6.04 Å². The summed E-state index contributed by atoms with van der Waals surface area (Å²) < 4.78 is 0. The van der Waals surface area contributed by atoms with Crippen molar-refractivity contribution in [2.45, 2.75) is 51.6 Å². The third-order valence-corrected chi connectivity index (χ3v) is 5.52. The summed E-state index contributed by atoms with van der Waals surface area (Å²) in [6.07, 6.45) is 4.27. The third-order valence-electron chi connectivity index (χ3n) is 4.50. The number of likely N-dealkylation sites (tertiary alicyclic amines) is 1. The van der Waals surface area contributed by atoms with Crippen LogP contribution in [0.3, 0.4) is 0 Å². The standard InChI is InChI=1S/C16H22N2O2S/c1-2-13(18-9-4-6-15(18)19)16(20)17-8-3-5-14-12(11-17)7-10-21-14/h7,10,13H,2-6,8-9,11H2,1H3. The van der Waals surface area contributed by atoms with Crippen LogP contribution in [0, 0.1) is 0 Å². The van der Waals surface area contributed by atoms with Gasteiger partial charge in [-0.05, 0) is 42.7 Å². The van der Waals surface area contributed by atoms with Crippen molar-refractivity contribution in [2.75, 3.05) is 13.1 Å². The van der Waals surface area contributed by atoms with E-state index in [4.69, 9.17) is 0 Å². The molecule has 0 aliphatic carbocycles. The lowest BCUT2D eigenvalue weighted by Gasteiger charge is -2.31. The smallest absolute Gasteiger partial charge is 0.245 e. The quantitative estimate of drug-likeness (QED) is 0.860. The van der Waals surface area contributed by atoms with Gasteiger partial charge in [-0.1, -0.05) is 6.92 Å². The number of amides is 2. The van der Waals surface area contributed by atoms with Crippen LogP contribution in [0.5, 0.6) is 0 Å². The molecule has 3 heterocycles. The molecule has 114 valence electrons. The van der Waals surface area contributed by atoms with Crippen LogP contribution in [0.15, 0.2) is 11.4 Å². The summed E-state index contributed by atoms with van der Waals surface area (Å²) in [7, 11) is 0. The molecule has 0 bridgehead atoms. The average Bonchev–Trinajstić information content (AvgIpc) is 3.04. The number of carbonyl (C=O) groups is 2. The van der Waals surface area contributed by atoms with E-state index in [2.05, 4.69) is 11.4 Å². The fourth-order valence-electron chi connectivity index (χ4n) is 3.37. The normalized spacial score (nSPS) is 20.3. The van der Waals surface area contributed by atoms with E-state index in [-0.39, 0.29) is 17.9 Å². The highest BCUT2D eigenvalue weighted by atomic mass is 32.1. The molecule has 0 spiro atoms. The Kier molecular flexibility index (Phi) is 4.29. The lowest BCUT2D eigenvalue weighted by molar-refractivity contribution is -0.144. The predicted octanol–water partition coefficient (Wildman–Crippen LogP) is 2.42. The molecule has 0 aromatic carbocycles. The number of nitrogens with zero attached hydrogens (tertiary/aromatic N) is 2. The van der Waals surface area contributed by atoms with Gasteiger partial charge >= 0.3 is 0 Å². The van der Waals surface area contributed by atoms with Gasteiger partial charge in [-0.2, -0.15) is 0 Å². The largest absolute Gasteiger partial charge is 0.337 e. The van der Waals surface area contributed by atoms with Crippen molar-refractivity contribution in [2.24, 2.45) is 0 Å². The highest BCUT2D eigenvalue weighted by molar-refractivity contribution is 7.10. The fourth-order valence-corrected chi connectivity index (χ4v) is 4.31. The molecule has 1 aromatic rings. The monoisotopic (exact) mass is 306 g/mol. The van der Waals surface area contributed by atoms with Gasteiger partial charge in [0, 0.05) is 30.9 Å². The van der Waals surface area contributed by atoms with Crippen LogP contribution in [-0.4, -0.2) is 40.7 Å². The maximum absolute atomic E-state index is 12.9. The Morgan fingerprint density at radius 2 is 2.14 bits per heavy atom. The maximum atomic E-state index is 12.9. The van der Waals surface area contributed by atoms with E-state index >= 15 is 0 Å². The zero-order valence-electron chi connectivity index (χ0n) is 12.5. The zero-order chi connectivity index (χ0) is 14.8. The average molecular weight is 306 g/mol. The maximum Gasteiger partial charge on any atom is 0.245 e. The topological polar surface area (TPSA) is 40.6 Å². The Bertz CT molecular complexity index is 540. The summed E-state index contributed by atoms with van der Waals surface area (Å²) in [4.78, 5) is 30.0. The lowest BCUT2D eigenvalue weighted by atomic mass is 10.1. The first-order chi connectivity index (χ1) is 10.2. The van der Waals surface area contributed by atoms with Gasteiger partial charge in [-0.15, -0.1) is 11.3 Å². The van der Waals surface area contributed by atoms with Crippen molar-refractivity contribution in [1.82, 2.24) is 9.80 Å². The number of fused-ring (bicyclic) bond motifs is 1. The minimum atomic E-state index is -0.264. The van der Waals surface area contributed by atoms with E-state index in [0.29, 0.717) is 19.4 Å². The van der Waals surface area contributed by atoms with Crippen LogP contribution in [0.25, 0.3) is 0 Å². The van der Waals surface area contributed by atoms with Gasteiger partial charge in [0.25, 0.3) is 0 Å². The number of hydrogen-bond donors (Lipinski definition) is 0. The Hall–Kier alpha value is -1.36. The molecule has 1 aromatic heterocycles. The van der Waals surface area contributed by atoms with E-state index in [0.717, 1.165) is 32.4 Å². The fraction of sp³-hybridized carbons (Fsp3) is 0.625. The number of thiophene rings is 1. The van der Waals surface area contributed by atoms with E-state index in [1.807, 2.05) is 11.8 Å². The Morgan fingerprint density at radius 1 is 1.33 bits per heavy atom. The molecule has 0 saturated carbocycles. The van der Waals surface area contributed by atoms with Gasteiger partial charge in [0.15, 0.2) is 0 Å². The van der Waals surface area contributed by atoms with Crippen molar-refractivity contribution in [3.8, 4) is 0 Å². The summed E-state index contributed by atoms with van der Waals surface area (Å²) in [6, 6.07) is 1.87. The first kappa shape index (κ1) is 14.6. The summed E-state index contributed by atoms with van der Waals surface area (Å²) in [5.74, 6) is 0.271. The molecule has 1 saturated heterocycles. The Morgan fingerprint density at radius 3 is 2.86 bits per heavy atom. The minimum absolute atomic E-state index is 0.131. The summed E-state index contributed by atoms with van der Waals surface area (Å²) in [5, 5.41) is 2.11. The van der Waals surface area contributed by atoms with Gasteiger partial charge in [-0.25, -0.2) is 0 Å². The highest BCUT2D eigenvalue weighted by Crippen LogP contribution is 2.25. The van der Waals surface area contributed by atoms with Crippen molar-refractivity contribution >= 4 is 23.2 Å². The molecule has 1 atom stereocenters. The first-order valence-electron chi connectivity index (χ1n) is 7.84. The second-order valence-electron chi connectivity index (χ2n) is 5.85. The molecule has 4 nitrogen and oxygen atoms in total. The minimum Gasteiger partial charge on any atom is -0.337 e. The molecule has 2 aliphatic rings. The summed E-state index contributed by atoms with van der Waals surface area (Å²) in [5.41, 5.74) is 1.29. The van der Waals surface area contributed by atoms with Crippen LogP contribution in [0.2, 0.25) is 0 Å². The second-order valence-corrected chi connectivity index (χ2v) is 6.85. The van der Waals surface area contributed by atoms with Crippen LogP contribution in [-0.2, 0) is 22.6 Å². The van der Waals surface area contributed by atoms with E-state index in [9.17, 15) is 9.59 Å². The summed E-state index contributed by atoms with van der Waals surface area (Å²) >= 11 is 1.79. The van der Waals surface area contributed by atoms with Crippen molar-refractivity contribution < 1.29 is 9.59 Å². The van der Waals surface area contributed by atoms with Crippen molar-refractivity contribution in [3.63, 3.8) is 0 Å². The Balaban J connectivity index is 1.75. The second kappa shape index (κ2) is 6.18. The zero-order valence-corrected chi connectivity index (χ0v) is 13.3. The van der Waals surface area contributed by atoms with Crippen LogP contribution >= 0.6 is 11.3 Å².